The molecule has 1 aliphatic heterocycles. The predicted molar refractivity (Wildman–Crippen MR) is 78.7 cm³/mol. The van der Waals surface area contributed by atoms with E-state index in [9.17, 15) is 4.39 Å². The maximum absolute atomic E-state index is 12.3. The van der Waals surface area contributed by atoms with Crippen LogP contribution in [0.1, 0.15) is 0 Å². The molecular formula is C13H18FN7. The molecule has 0 unspecified atom stereocenters. The average molecular weight is 291 g/mol. The van der Waals surface area contributed by atoms with Crippen LogP contribution in [0.5, 0.6) is 0 Å². The summed E-state index contributed by atoms with van der Waals surface area (Å²) in [6.07, 6.45) is 3.42. The maximum Gasteiger partial charge on any atom is 0.222 e. The van der Waals surface area contributed by atoms with E-state index in [1.807, 2.05) is 13.1 Å². The molecule has 0 spiro atoms. The summed E-state index contributed by atoms with van der Waals surface area (Å²) >= 11 is 0. The molecule has 2 aromatic rings. The van der Waals surface area contributed by atoms with Crippen LogP contribution in [0.3, 0.4) is 0 Å². The highest BCUT2D eigenvalue weighted by atomic mass is 19.1. The van der Waals surface area contributed by atoms with Gasteiger partial charge in [0.05, 0.1) is 18.4 Å². The number of hydrogen-bond donors (Lipinski definition) is 2. The largest absolute Gasteiger partial charge is 0.368 e. The number of nitrogens with one attached hydrogen (secondary N) is 1. The van der Waals surface area contributed by atoms with E-state index < -0.39 is 6.67 Å². The molecule has 8 heteroatoms. The number of anilines is 2. The molecule has 0 bridgehead atoms. The topological polar surface area (TPSA) is 84.9 Å². The van der Waals surface area contributed by atoms with Gasteiger partial charge in [0.1, 0.15) is 12.5 Å². The zero-order valence-corrected chi connectivity index (χ0v) is 11.8. The molecule has 0 radical (unpaired) electrons. The molecule has 0 aliphatic carbocycles. The second-order valence-electron chi connectivity index (χ2n) is 5.04. The van der Waals surface area contributed by atoms with Gasteiger partial charge in [0, 0.05) is 37.0 Å². The van der Waals surface area contributed by atoms with Gasteiger partial charge in [0.25, 0.3) is 0 Å². The molecule has 0 aromatic carbocycles. The van der Waals surface area contributed by atoms with Gasteiger partial charge in [-0.15, -0.1) is 0 Å². The number of likely N-dealkylation sites (N-methyl/N-ethyl adjacent to an activating group) is 1. The molecule has 0 saturated carbocycles. The van der Waals surface area contributed by atoms with Gasteiger partial charge in [-0.25, -0.2) is 9.37 Å². The van der Waals surface area contributed by atoms with Crippen LogP contribution in [0, 0.1) is 0 Å². The number of aromatic nitrogens is 4. The van der Waals surface area contributed by atoms with Crippen molar-refractivity contribution in [1.82, 2.24) is 25.1 Å². The van der Waals surface area contributed by atoms with Crippen molar-refractivity contribution in [2.24, 2.45) is 0 Å². The zero-order chi connectivity index (χ0) is 14.8. The first kappa shape index (κ1) is 13.7. The van der Waals surface area contributed by atoms with Crippen LogP contribution in [-0.2, 0) is 6.54 Å². The maximum atomic E-state index is 12.3. The predicted octanol–water partition coefficient (Wildman–Crippen LogP) is 0.300. The number of nitrogens with two attached hydrogens (primary N) is 1. The third kappa shape index (κ3) is 2.80. The monoisotopic (exact) mass is 291 g/mol. The van der Waals surface area contributed by atoms with Crippen molar-refractivity contribution in [3.05, 3.63) is 18.5 Å². The van der Waals surface area contributed by atoms with Crippen LogP contribution in [0.4, 0.5) is 16.2 Å². The SMILES string of the molecule is CNC1CN(c2cc(-c3cnn(CCF)c3)nc(N)n2)C1. The van der Waals surface area contributed by atoms with E-state index in [1.165, 1.54) is 0 Å². The molecule has 1 saturated heterocycles. The molecule has 21 heavy (non-hydrogen) atoms. The molecule has 0 atom stereocenters. The summed E-state index contributed by atoms with van der Waals surface area (Å²) in [5.74, 6) is 1.04. The fourth-order valence-corrected chi connectivity index (χ4v) is 2.32. The average Bonchev–Trinajstić information content (AvgIpc) is 2.86. The van der Waals surface area contributed by atoms with Crippen LogP contribution >= 0.6 is 0 Å². The Morgan fingerprint density at radius 2 is 2.24 bits per heavy atom. The van der Waals surface area contributed by atoms with Gasteiger partial charge in [-0.05, 0) is 7.05 Å². The van der Waals surface area contributed by atoms with Crippen LogP contribution in [0.15, 0.2) is 18.5 Å². The summed E-state index contributed by atoms with van der Waals surface area (Å²) in [4.78, 5) is 10.6. The van der Waals surface area contributed by atoms with Crippen molar-refractivity contribution >= 4 is 11.8 Å². The minimum Gasteiger partial charge on any atom is -0.368 e. The lowest BCUT2D eigenvalue weighted by molar-refractivity contribution is 0.427. The van der Waals surface area contributed by atoms with Crippen molar-refractivity contribution < 1.29 is 4.39 Å². The van der Waals surface area contributed by atoms with Crippen LogP contribution in [0.2, 0.25) is 0 Å². The summed E-state index contributed by atoms with van der Waals surface area (Å²) < 4.78 is 13.9. The van der Waals surface area contributed by atoms with Gasteiger partial charge >= 0.3 is 0 Å². The molecule has 3 heterocycles. The Bertz CT molecular complexity index is 621. The van der Waals surface area contributed by atoms with E-state index >= 15 is 0 Å². The molecule has 2 aromatic heterocycles. The fraction of sp³-hybridized carbons (Fsp3) is 0.462. The Balaban J connectivity index is 1.83. The Morgan fingerprint density at radius 3 is 2.95 bits per heavy atom. The molecule has 112 valence electrons. The molecule has 0 amide bonds. The molecule has 3 N–H and O–H groups in total. The Hall–Kier alpha value is -2.22. The number of aryl methyl sites for hydroxylation is 1. The summed E-state index contributed by atoms with van der Waals surface area (Å²) in [5.41, 5.74) is 7.31. The normalized spacial score (nSPS) is 15.2. The zero-order valence-electron chi connectivity index (χ0n) is 11.8. The number of alkyl halides is 1. The standard InChI is InChI=1S/C13H18FN7/c1-16-10-7-20(8-10)12-4-11(18-13(15)19-12)9-5-17-21(6-9)3-2-14/h4-6,10,16H,2-3,7-8H2,1H3,(H2,15,18,19). The first-order valence-electron chi connectivity index (χ1n) is 6.85. The van der Waals surface area contributed by atoms with Crippen LogP contribution < -0.4 is 16.0 Å². The highest BCUT2D eigenvalue weighted by molar-refractivity contribution is 5.63. The molecule has 3 rings (SSSR count). The van der Waals surface area contributed by atoms with E-state index in [0.29, 0.717) is 11.7 Å². The number of rotatable bonds is 5. The van der Waals surface area contributed by atoms with Gasteiger partial charge in [-0.2, -0.15) is 10.1 Å². The van der Waals surface area contributed by atoms with E-state index in [4.69, 9.17) is 5.73 Å². The number of hydrogen-bond acceptors (Lipinski definition) is 6. The van der Waals surface area contributed by atoms with E-state index in [0.717, 1.165) is 24.5 Å². The number of nitrogen functional groups attached to an aromatic ring is 1. The smallest absolute Gasteiger partial charge is 0.222 e. The third-order valence-electron chi connectivity index (χ3n) is 3.59. The number of nitrogens with zero attached hydrogens (tertiary/aromatic N) is 5. The quantitative estimate of drug-likeness (QED) is 0.824. The van der Waals surface area contributed by atoms with Gasteiger partial charge in [-0.3, -0.25) is 4.68 Å². The van der Waals surface area contributed by atoms with Crippen molar-refractivity contribution in [3.63, 3.8) is 0 Å². The van der Waals surface area contributed by atoms with Gasteiger partial charge in [0.2, 0.25) is 5.95 Å². The highest BCUT2D eigenvalue weighted by Crippen LogP contribution is 2.25. The molecular weight excluding hydrogens is 273 g/mol. The lowest BCUT2D eigenvalue weighted by Gasteiger charge is -2.40. The molecule has 1 fully saturated rings. The molecule has 1 aliphatic rings. The fourth-order valence-electron chi connectivity index (χ4n) is 2.32. The lowest BCUT2D eigenvalue weighted by atomic mass is 10.1. The second kappa shape index (κ2) is 5.65. The summed E-state index contributed by atoms with van der Waals surface area (Å²) in [7, 11) is 1.95. The van der Waals surface area contributed by atoms with Gasteiger partial charge in [-0.1, -0.05) is 0 Å². The number of halogens is 1. The van der Waals surface area contributed by atoms with Gasteiger partial charge < -0.3 is 16.0 Å². The summed E-state index contributed by atoms with van der Waals surface area (Å²) in [5, 5.41) is 7.31. The first-order chi connectivity index (χ1) is 10.2. The highest BCUT2D eigenvalue weighted by Gasteiger charge is 2.27. The van der Waals surface area contributed by atoms with Crippen molar-refractivity contribution in [3.8, 4) is 11.3 Å². The van der Waals surface area contributed by atoms with Crippen molar-refractivity contribution in [2.75, 3.05) is 37.4 Å². The molecule has 7 nitrogen and oxygen atoms in total. The lowest BCUT2D eigenvalue weighted by Crippen LogP contribution is -2.57. The van der Waals surface area contributed by atoms with E-state index in [2.05, 4.69) is 25.3 Å². The van der Waals surface area contributed by atoms with Gasteiger partial charge in [0.15, 0.2) is 0 Å². The minimum absolute atomic E-state index is 0.230. The Labute approximate surface area is 122 Å². The van der Waals surface area contributed by atoms with Crippen molar-refractivity contribution in [1.29, 1.82) is 0 Å². The Morgan fingerprint density at radius 1 is 1.43 bits per heavy atom. The van der Waals surface area contributed by atoms with E-state index in [1.54, 1.807) is 17.1 Å². The summed E-state index contributed by atoms with van der Waals surface area (Å²) in [6, 6.07) is 2.37. The Kier molecular flexibility index (Phi) is 3.70. The van der Waals surface area contributed by atoms with Crippen molar-refractivity contribution in [2.45, 2.75) is 12.6 Å². The van der Waals surface area contributed by atoms with Crippen LogP contribution in [0.25, 0.3) is 11.3 Å². The minimum atomic E-state index is -0.447. The third-order valence-corrected chi connectivity index (χ3v) is 3.59. The van der Waals surface area contributed by atoms with Crippen LogP contribution in [-0.4, -0.2) is 52.6 Å². The summed E-state index contributed by atoms with van der Waals surface area (Å²) in [6.45, 7) is 1.59. The first-order valence-corrected chi connectivity index (χ1v) is 6.85. The second-order valence-corrected chi connectivity index (χ2v) is 5.04. The van der Waals surface area contributed by atoms with E-state index in [-0.39, 0.29) is 12.5 Å².